The lowest BCUT2D eigenvalue weighted by molar-refractivity contribution is 0.101. The molecule has 0 spiro atoms. The largest absolute Gasteiger partial charge is 0.295 e. The van der Waals surface area contributed by atoms with Gasteiger partial charge in [0.15, 0.2) is 5.78 Å². The summed E-state index contributed by atoms with van der Waals surface area (Å²) in [6.07, 6.45) is 4.22. The zero-order chi connectivity index (χ0) is 12.5. The van der Waals surface area contributed by atoms with Crippen LogP contribution in [0.4, 0.5) is 4.39 Å². The summed E-state index contributed by atoms with van der Waals surface area (Å²) >= 11 is 0. The highest BCUT2D eigenvalue weighted by Gasteiger charge is 2.37. The van der Waals surface area contributed by atoms with E-state index in [2.05, 4.69) is 0 Å². The van der Waals surface area contributed by atoms with E-state index in [-0.39, 0.29) is 11.7 Å². The van der Waals surface area contributed by atoms with Gasteiger partial charge in [-0.05, 0) is 38.2 Å². The standard InChI is InChI=1S/C15H19FO/c1-11(17)12-7-9-14(10-8-12)15(2,16)13-5-3-4-6-13/h7-10,13H,3-6H2,1-2H3. The average molecular weight is 234 g/mol. The molecule has 1 aromatic carbocycles. The molecule has 0 saturated heterocycles. The zero-order valence-electron chi connectivity index (χ0n) is 10.5. The number of hydrogen-bond acceptors (Lipinski definition) is 1. The summed E-state index contributed by atoms with van der Waals surface area (Å²) in [7, 11) is 0. The Morgan fingerprint density at radius 1 is 1.24 bits per heavy atom. The van der Waals surface area contributed by atoms with Crippen LogP contribution in [-0.2, 0) is 5.67 Å². The van der Waals surface area contributed by atoms with Gasteiger partial charge in [-0.15, -0.1) is 0 Å². The van der Waals surface area contributed by atoms with Gasteiger partial charge in [-0.3, -0.25) is 4.79 Å². The van der Waals surface area contributed by atoms with Crippen molar-refractivity contribution in [3.8, 4) is 0 Å². The van der Waals surface area contributed by atoms with Gasteiger partial charge in [-0.2, -0.15) is 0 Å². The van der Waals surface area contributed by atoms with Gasteiger partial charge >= 0.3 is 0 Å². The third-order valence-electron chi connectivity index (χ3n) is 3.98. The summed E-state index contributed by atoms with van der Waals surface area (Å²) in [6, 6.07) is 6.97. The molecule has 2 rings (SSSR count). The third-order valence-corrected chi connectivity index (χ3v) is 3.98. The maximum absolute atomic E-state index is 14.8. The highest BCUT2D eigenvalue weighted by atomic mass is 19.1. The highest BCUT2D eigenvalue weighted by molar-refractivity contribution is 5.94. The van der Waals surface area contributed by atoms with Crippen LogP contribution in [0.5, 0.6) is 0 Å². The molecule has 0 amide bonds. The van der Waals surface area contributed by atoms with Crippen molar-refractivity contribution in [2.75, 3.05) is 0 Å². The van der Waals surface area contributed by atoms with E-state index in [0.717, 1.165) is 25.7 Å². The van der Waals surface area contributed by atoms with Crippen molar-refractivity contribution in [1.82, 2.24) is 0 Å². The van der Waals surface area contributed by atoms with Gasteiger partial charge in [0.25, 0.3) is 0 Å². The Labute approximate surface area is 102 Å². The number of ketones is 1. The van der Waals surface area contributed by atoms with Gasteiger partial charge in [-0.25, -0.2) is 4.39 Å². The number of halogens is 1. The maximum atomic E-state index is 14.8. The van der Waals surface area contributed by atoms with E-state index in [0.29, 0.717) is 11.1 Å². The highest BCUT2D eigenvalue weighted by Crippen LogP contribution is 2.43. The van der Waals surface area contributed by atoms with Crippen LogP contribution in [0, 0.1) is 5.92 Å². The SMILES string of the molecule is CC(=O)c1ccc(C(C)(F)C2CCCC2)cc1. The first-order valence-electron chi connectivity index (χ1n) is 6.32. The van der Waals surface area contributed by atoms with E-state index in [9.17, 15) is 9.18 Å². The van der Waals surface area contributed by atoms with Gasteiger partial charge < -0.3 is 0 Å². The van der Waals surface area contributed by atoms with Crippen molar-refractivity contribution in [1.29, 1.82) is 0 Å². The fourth-order valence-corrected chi connectivity index (χ4v) is 2.73. The Hall–Kier alpha value is -1.18. The lowest BCUT2D eigenvalue weighted by Gasteiger charge is -2.27. The van der Waals surface area contributed by atoms with E-state index in [4.69, 9.17) is 0 Å². The molecular weight excluding hydrogens is 215 g/mol. The van der Waals surface area contributed by atoms with Crippen molar-refractivity contribution in [3.63, 3.8) is 0 Å². The van der Waals surface area contributed by atoms with Crippen LogP contribution < -0.4 is 0 Å². The summed E-state index contributed by atoms with van der Waals surface area (Å²) in [5.41, 5.74) is 0.0941. The lowest BCUT2D eigenvalue weighted by atomic mass is 9.83. The quantitative estimate of drug-likeness (QED) is 0.714. The molecule has 1 saturated carbocycles. The first-order chi connectivity index (χ1) is 8.01. The number of hydrogen-bond donors (Lipinski definition) is 0. The number of alkyl halides is 1. The minimum absolute atomic E-state index is 0.0259. The number of Topliss-reactive ketones (excluding diaryl/α,β-unsaturated/α-hetero) is 1. The molecule has 1 fully saturated rings. The molecule has 1 unspecified atom stereocenters. The van der Waals surface area contributed by atoms with E-state index >= 15 is 0 Å². The number of rotatable bonds is 3. The Balaban J connectivity index is 2.23. The third kappa shape index (κ3) is 2.41. The smallest absolute Gasteiger partial charge is 0.159 e. The Morgan fingerprint density at radius 2 is 1.76 bits per heavy atom. The molecule has 92 valence electrons. The molecule has 17 heavy (non-hydrogen) atoms. The number of carbonyl (C=O) groups is 1. The zero-order valence-corrected chi connectivity index (χ0v) is 10.5. The van der Waals surface area contributed by atoms with Crippen LogP contribution >= 0.6 is 0 Å². The molecule has 1 aliphatic carbocycles. The van der Waals surface area contributed by atoms with E-state index in [1.54, 1.807) is 31.2 Å². The van der Waals surface area contributed by atoms with Gasteiger partial charge in [0.2, 0.25) is 0 Å². The van der Waals surface area contributed by atoms with Crippen LogP contribution in [0.25, 0.3) is 0 Å². The topological polar surface area (TPSA) is 17.1 Å². The van der Waals surface area contributed by atoms with Crippen LogP contribution in [0.15, 0.2) is 24.3 Å². The molecule has 0 radical (unpaired) electrons. The normalized spacial score (nSPS) is 20.2. The molecule has 1 atom stereocenters. The second-order valence-electron chi connectivity index (χ2n) is 5.19. The summed E-state index contributed by atoms with van der Waals surface area (Å²) < 4.78 is 14.8. The minimum atomic E-state index is -1.26. The Morgan fingerprint density at radius 3 is 2.24 bits per heavy atom. The van der Waals surface area contributed by atoms with Gasteiger partial charge in [0, 0.05) is 5.56 Å². The molecule has 1 aromatic rings. The van der Waals surface area contributed by atoms with Crippen molar-refractivity contribution in [2.24, 2.45) is 5.92 Å². The summed E-state index contributed by atoms with van der Waals surface area (Å²) in [6.45, 7) is 3.20. The van der Waals surface area contributed by atoms with E-state index in [1.807, 2.05) is 0 Å². The molecule has 0 aromatic heterocycles. The minimum Gasteiger partial charge on any atom is -0.295 e. The van der Waals surface area contributed by atoms with Gasteiger partial charge in [0.1, 0.15) is 5.67 Å². The van der Waals surface area contributed by atoms with Crippen LogP contribution in [0.3, 0.4) is 0 Å². The second-order valence-corrected chi connectivity index (χ2v) is 5.19. The van der Waals surface area contributed by atoms with Crippen molar-refractivity contribution in [3.05, 3.63) is 35.4 Å². The Kier molecular flexibility index (Phi) is 3.32. The van der Waals surface area contributed by atoms with Crippen LogP contribution in [-0.4, -0.2) is 5.78 Å². The Bertz CT molecular complexity index is 399. The van der Waals surface area contributed by atoms with Gasteiger partial charge in [-0.1, -0.05) is 37.1 Å². The molecule has 0 aliphatic heterocycles. The van der Waals surface area contributed by atoms with Gasteiger partial charge in [0.05, 0.1) is 0 Å². The molecule has 0 N–H and O–H groups in total. The first kappa shape index (κ1) is 12.3. The second kappa shape index (κ2) is 4.59. The fourth-order valence-electron chi connectivity index (χ4n) is 2.73. The fraction of sp³-hybridized carbons (Fsp3) is 0.533. The maximum Gasteiger partial charge on any atom is 0.159 e. The van der Waals surface area contributed by atoms with Crippen LogP contribution in [0.1, 0.15) is 55.5 Å². The molecule has 0 heterocycles. The molecule has 1 nitrogen and oxygen atoms in total. The van der Waals surface area contributed by atoms with E-state index in [1.165, 1.54) is 6.92 Å². The van der Waals surface area contributed by atoms with Crippen LogP contribution in [0.2, 0.25) is 0 Å². The summed E-state index contributed by atoms with van der Waals surface area (Å²) in [4.78, 5) is 11.2. The number of benzene rings is 1. The molecular formula is C15H19FO. The summed E-state index contributed by atoms with van der Waals surface area (Å²) in [5.74, 6) is 0.156. The number of carbonyl (C=O) groups excluding carboxylic acids is 1. The van der Waals surface area contributed by atoms with Crippen molar-refractivity contribution < 1.29 is 9.18 Å². The average Bonchev–Trinajstić information content (AvgIpc) is 2.83. The van der Waals surface area contributed by atoms with Crippen molar-refractivity contribution >= 4 is 5.78 Å². The molecule has 1 aliphatic rings. The predicted molar refractivity (Wildman–Crippen MR) is 66.9 cm³/mol. The molecule has 2 heteroatoms. The predicted octanol–water partition coefficient (Wildman–Crippen LogP) is 4.26. The summed E-state index contributed by atoms with van der Waals surface area (Å²) in [5, 5.41) is 0. The van der Waals surface area contributed by atoms with E-state index < -0.39 is 5.67 Å². The monoisotopic (exact) mass is 234 g/mol. The molecule has 0 bridgehead atoms. The van der Waals surface area contributed by atoms with Crippen molar-refractivity contribution in [2.45, 2.75) is 45.2 Å². The first-order valence-corrected chi connectivity index (χ1v) is 6.32. The lowest BCUT2D eigenvalue weighted by Crippen LogP contribution is -2.25.